The van der Waals surface area contributed by atoms with E-state index in [9.17, 15) is 17.2 Å². The van der Waals surface area contributed by atoms with Crippen molar-refractivity contribution in [1.82, 2.24) is 19.4 Å². The van der Waals surface area contributed by atoms with Gasteiger partial charge in [-0.15, -0.1) is 0 Å². The van der Waals surface area contributed by atoms with Crippen LogP contribution in [-0.4, -0.2) is 54.1 Å². The van der Waals surface area contributed by atoms with Gasteiger partial charge in [0.05, 0.1) is 23.7 Å². The van der Waals surface area contributed by atoms with Crippen molar-refractivity contribution in [2.75, 3.05) is 26.3 Å². The van der Waals surface area contributed by atoms with Gasteiger partial charge >= 0.3 is 0 Å². The van der Waals surface area contributed by atoms with Crippen molar-refractivity contribution in [3.63, 3.8) is 0 Å². The first-order valence-corrected chi connectivity index (χ1v) is 11.7. The monoisotopic (exact) mass is 472 g/mol. The lowest BCUT2D eigenvalue weighted by Crippen LogP contribution is -2.40. The van der Waals surface area contributed by atoms with Gasteiger partial charge < -0.3 is 9.72 Å². The molecule has 0 unspecified atom stereocenters. The van der Waals surface area contributed by atoms with E-state index in [0.29, 0.717) is 43.9 Å². The van der Waals surface area contributed by atoms with Gasteiger partial charge in [-0.05, 0) is 29.4 Å². The zero-order chi connectivity index (χ0) is 23.0. The highest BCUT2D eigenvalue weighted by Gasteiger charge is 2.26. The lowest BCUT2D eigenvalue weighted by Gasteiger charge is -2.26. The standard InChI is InChI=1S/C22H19F2N5O3S/c23-18-3-1-2-17(21(18)24)22-26-19-12-25-28(14-20(19)27-22)13-15-4-6-16(7-5-15)33(30,31)29-8-10-32-11-9-29/h1-7,12,14H,8-11,13H2/p+1. The van der Waals surface area contributed by atoms with E-state index in [1.165, 1.54) is 22.6 Å². The number of halogens is 2. The number of benzene rings is 2. The summed E-state index contributed by atoms with van der Waals surface area (Å²) in [6.07, 6.45) is 3.24. The Morgan fingerprint density at radius 1 is 1.09 bits per heavy atom. The molecule has 2 aromatic heterocycles. The summed E-state index contributed by atoms with van der Waals surface area (Å²) in [5.74, 6) is -1.70. The Bertz CT molecular complexity index is 1420. The highest BCUT2D eigenvalue weighted by Crippen LogP contribution is 2.24. The van der Waals surface area contributed by atoms with Crippen molar-refractivity contribution in [1.29, 1.82) is 0 Å². The zero-order valence-electron chi connectivity index (χ0n) is 17.4. The van der Waals surface area contributed by atoms with E-state index in [1.807, 2.05) is 0 Å². The van der Waals surface area contributed by atoms with Gasteiger partial charge in [-0.1, -0.05) is 22.9 Å². The number of aromatic amines is 1. The largest absolute Gasteiger partial charge is 0.379 e. The van der Waals surface area contributed by atoms with E-state index < -0.39 is 21.7 Å². The summed E-state index contributed by atoms with van der Waals surface area (Å²) < 4.78 is 61.5. The SMILES string of the molecule is O=S(=O)(c1ccc(C[n+]2cc3[nH]c(-c4cccc(F)c4F)nc3cn2)cc1)N1CCOCC1. The summed E-state index contributed by atoms with van der Waals surface area (Å²) in [5.41, 5.74) is 2.01. The average molecular weight is 472 g/mol. The molecule has 0 bridgehead atoms. The minimum absolute atomic E-state index is 0.0369. The second kappa shape index (κ2) is 8.58. The zero-order valence-corrected chi connectivity index (χ0v) is 18.2. The number of nitrogens with one attached hydrogen (secondary N) is 1. The third-order valence-electron chi connectivity index (χ3n) is 5.45. The van der Waals surface area contributed by atoms with Crippen molar-refractivity contribution in [3.8, 4) is 11.4 Å². The maximum atomic E-state index is 14.1. The summed E-state index contributed by atoms with van der Waals surface area (Å²) in [6, 6.07) is 10.6. The van der Waals surface area contributed by atoms with Gasteiger partial charge in [0.1, 0.15) is 23.1 Å². The molecular formula is C22H20F2N5O3S+. The average Bonchev–Trinajstić information content (AvgIpc) is 3.25. The van der Waals surface area contributed by atoms with E-state index in [2.05, 4.69) is 15.1 Å². The Labute approximate surface area is 188 Å². The van der Waals surface area contributed by atoms with E-state index in [0.717, 1.165) is 11.6 Å². The van der Waals surface area contributed by atoms with Crippen molar-refractivity contribution in [3.05, 3.63) is 72.1 Å². The molecule has 11 heteroatoms. The van der Waals surface area contributed by atoms with E-state index in [-0.39, 0.29) is 16.3 Å². The van der Waals surface area contributed by atoms with Gasteiger partial charge in [0.25, 0.3) is 0 Å². The molecule has 1 fully saturated rings. The van der Waals surface area contributed by atoms with E-state index in [4.69, 9.17) is 4.74 Å². The van der Waals surface area contributed by atoms with E-state index >= 15 is 0 Å². The van der Waals surface area contributed by atoms with Crippen LogP contribution in [0.5, 0.6) is 0 Å². The van der Waals surface area contributed by atoms with Crippen LogP contribution in [0.3, 0.4) is 0 Å². The summed E-state index contributed by atoms with van der Waals surface area (Å²) in [7, 11) is -3.55. The Balaban J connectivity index is 1.36. The number of fused-ring (bicyclic) bond motifs is 1. The third-order valence-corrected chi connectivity index (χ3v) is 7.36. The van der Waals surface area contributed by atoms with Crippen molar-refractivity contribution in [2.45, 2.75) is 11.4 Å². The lowest BCUT2D eigenvalue weighted by molar-refractivity contribution is -0.745. The predicted octanol–water partition coefficient (Wildman–Crippen LogP) is 2.26. The molecule has 0 spiro atoms. The Morgan fingerprint density at radius 2 is 1.85 bits per heavy atom. The highest BCUT2D eigenvalue weighted by molar-refractivity contribution is 7.89. The maximum absolute atomic E-state index is 14.1. The Kier molecular flexibility index (Phi) is 5.60. The van der Waals surface area contributed by atoms with Crippen LogP contribution in [0.4, 0.5) is 8.78 Å². The molecule has 3 heterocycles. The fourth-order valence-corrected chi connectivity index (χ4v) is 5.11. The molecule has 0 amide bonds. The first kappa shape index (κ1) is 21.6. The molecule has 5 rings (SSSR count). The van der Waals surface area contributed by atoms with Gasteiger partial charge in [0.15, 0.2) is 18.2 Å². The first-order chi connectivity index (χ1) is 15.9. The molecule has 170 valence electrons. The fraction of sp³-hybridized carbons (Fsp3) is 0.227. The van der Waals surface area contributed by atoms with Crippen LogP contribution < -0.4 is 4.68 Å². The summed E-state index contributed by atoms with van der Waals surface area (Å²) >= 11 is 0. The van der Waals surface area contributed by atoms with Gasteiger partial charge in [-0.25, -0.2) is 22.2 Å². The van der Waals surface area contributed by atoms with Crippen LogP contribution in [0.25, 0.3) is 22.4 Å². The van der Waals surface area contributed by atoms with E-state index in [1.54, 1.807) is 35.1 Å². The van der Waals surface area contributed by atoms with Crippen molar-refractivity contribution < 1.29 is 26.6 Å². The molecule has 1 aliphatic heterocycles. The second-order valence-electron chi connectivity index (χ2n) is 7.62. The molecule has 4 aromatic rings. The molecule has 0 aliphatic carbocycles. The summed E-state index contributed by atoms with van der Waals surface area (Å²) in [5, 5.41) is 4.32. The van der Waals surface area contributed by atoms with Crippen LogP contribution in [0.15, 0.2) is 59.8 Å². The predicted molar refractivity (Wildman–Crippen MR) is 115 cm³/mol. The quantitative estimate of drug-likeness (QED) is 0.450. The molecule has 33 heavy (non-hydrogen) atoms. The number of ether oxygens (including phenoxy) is 1. The maximum Gasteiger partial charge on any atom is 0.243 e. The smallest absolute Gasteiger partial charge is 0.243 e. The second-order valence-corrected chi connectivity index (χ2v) is 9.56. The number of nitrogens with zero attached hydrogens (tertiary/aromatic N) is 4. The van der Waals surface area contributed by atoms with Crippen LogP contribution >= 0.6 is 0 Å². The van der Waals surface area contributed by atoms with Crippen molar-refractivity contribution in [2.24, 2.45) is 0 Å². The van der Waals surface area contributed by atoms with Crippen LogP contribution in [0.1, 0.15) is 5.56 Å². The third kappa shape index (κ3) is 4.22. The van der Waals surface area contributed by atoms with Crippen LogP contribution in [0.2, 0.25) is 0 Å². The minimum Gasteiger partial charge on any atom is -0.379 e. The van der Waals surface area contributed by atoms with Crippen LogP contribution in [0, 0.1) is 11.6 Å². The molecule has 0 radical (unpaired) electrons. The molecule has 1 N–H and O–H groups in total. The number of imidazole rings is 1. The van der Waals surface area contributed by atoms with Crippen LogP contribution in [-0.2, 0) is 21.3 Å². The molecule has 8 nitrogen and oxygen atoms in total. The molecular weight excluding hydrogens is 452 g/mol. The number of H-pyrrole nitrogens is 1. The minimum atomic E-state index is -3.55. The molecule has 1 aliphatic rings. The molecule has 0 atom stereocenters. The first-order valence-electron chi connectivity index (χ1n) is 10.3. The van der Waals surface area contributed by atoms with Gasteiger partial charge in [0.2, 0.25) is 16.2 Å². The summed E-state index contributed by atoms with van der Waals surface area (Å²) in [6.45, 7) is 1.86. The topological polar surface area (TPSA) is 92.1 Å². The Hall–Kier alpha value is -3.28. The van der Waals surface area contributed by atoms with Gasteiger partial charge in [-0.2, -0.15) is 4.31 Å². The fourth-order valence-electron chi connectivity index (χ4n) is 3.70. The highest BCUT2D eigenvalue weighted by atomic mass is 32.2. The number of morpholine rings is 1. The Morgan fingerprint density at radius 3 is 2.61 bits per heavy atom. The lowest BCUT2D eigenvalue weighted by atomic mass is 10.2. The summed E-state index contributed by atoms with van der Waals surface area (Å²) in [4.78, 5) is 7.53. The normalized spacial score (nSPS) is 15.2. The number of hydrogen-bond donors (Lipinski definition) is 1. The number of hydrogen-bond acceptors (Lipinski definition) is 5. The van der Waals surface area contributed by atoms with Gasteiger partial charge in [0, 0.05) is 18.7 Å². The number of aromatic nitrogens is 4. The number of rotatable bonds is 5. The molecule has 0 saturated carbocycles. The molecule has 2 aromatic carbocycles. The van der Waals surface area contributed by atoms with Gasteiger partial charge in [-0.3, -0.25) is 0 Å². The van der Waals surface area contributed by atoms with Crippen molar-refractivity contribution >= 4 is 21.1 Å². The molecule has 1 saturated heterocycles. The number of sulfonamides is 1.